The SMILES string of the molecule is NCCCCCCC(=O)N1CCN(C(=O)c2cc3ccccc3[nH]2)CC1. The van der Waals surface area contributed by atoms with E-state index in [0.29, 0.717) is 38.3 Å². The van der Waals surface area contributed by atoms with Crippen molar-refractivity contribution in [3.63, 3.8) is 0 Å². The zero-order valence-corrected chi connectivity index (χ0v) is 15.2. The normalized spacial score (nSPS) is 14.8. The van der Waals surface area contributed by atoms with Crippen molar-refractivity contribution < 1.29 is 9.59 Å². The highest BCUT2D eigenvalue weighted by molar-refractivity contribution is 5.98. The fourth-order valence-electron chi connectivity index (χ4n) is 3.45. The summed E-state index contributed by atoms with van der Waals surface area (Å²) in [6, 6.07) is 9.78. The average molecular weight is 356 g/mol. The number of rotatable bonds is 7. The van der Waals surface area contributed by atoms with Gasteiger partial charge in [-0.05, 0) is 31.5 Å². The number of hydrogen-bond donors (Lipinski definition) is 2. The minimum atomic E-state index is 0.00934. The molecule has 140 valence electrons. The van der Waals surface area contributed by atoms with E-state index < -0.39 is 0 Å². The summed E-state index contributed by atoms with van der Waals surface area (Å²) in [4.78, 5) is 31.9. The average Bonchev–Trinajstić information content (AvgIpc) is 3.11. The van der Waals surface area contributed by atoms with Gasteiger partial charge in [0, 0.05) is 43.5 Å². The number of benzene rings is 1. The summed E-state index contributed by atoms with van der Waals surface area (Å²) >= 11 is 0. The third-order valence-electron chi connectivity index (χ3n) is 5.02. The Morgan fingerprint density at radius 1 is 0.962 bits per heavy atom. The lowest BCUT2D eigenvalue weighted by Gasteiger charge is -2.34. The molecule has 0 atom stereocenters. The van der Waals surface area contributed by atoms with Crippen molar-refractivity contribution in [3.05, 3.63) is 36.0 Å². The van der Waals surface area contributed by atoms with Gasteiger partial charge in [-0.15, -0.1) is 0 Å². The van der Waals surface area contributed by atoms with Gasteiger partial charge >= 0.3 is 0 Å². The number of carbonyl (C=O) groups excluding carboxylic acids is 2. The smallest absolute Gasteiger partial charge is 0.270 e. The van der Waals surface area contributed by atoms with Crippen LogP contribution in [0.25, 0.3) is 10.9 Å². The van der Waals surface area contributed by atoms with Crippen LogP contribution in [0.3, 0.4) is 0 Å². The van der Waals surface area contributed by atoms with Crippen LogP contribution in [-0.4, -0.2) is 59.3 Å². The van der Waals surface area contributed by atoms with Crippen molar-refractivity contribution in [2.24, 2.45) is 5.73 Å². The van der Waals surface area contributed by atoms with Gasteiger partial charge in [-0.25, -0.2) is 0 Å². The van der Waals surface area contributed by atoms with Crippen LogP contribution in [0.5, 0.6) is 0 Å². The largest absolute Gasteiger partial charge is 0.351 e. The Hall–Kier alpha value is -2.34. The number of H-pyrrole nitrogens is 1. The first-order valence-corrected chi connectivity index (χ1v) is 9.54. The molecule has 1 aliphatic rings. The first-order chi connectivity index (χ1) is 12.7. The molecule has 0 unspecified atom stereocenters. The lowest BCUT2D eigenvalue weighted by atomic mass is 10.1. The quantitative estimate of drug-likeness (QED) is 0.747. The fraction of sp³-hybridized carbons (Fsp3) is 0.500. The van der Waals surface area contributed by atoms with Crippen molar-refractivity contribution in [1.29, 1.82) is 0 Å². The van der Waals surface area contributed by atoms with E-state index in [9.17, 15) is 9.59 Å². The third-order valence-corrected chi connectivity index (χ3v) is 5.02. The number of piperazine rings is 1. The van der Waals surface area contributed by atoms with Gasteiger partial charge in [0.25, 0.3) is 5.91 Å². The molecule has 26 heavy (non-hydrogen) atoms. The van der Waals surface area contributed by atoms with E-state index in [1.807, 2.05) is 40.1 Å². The Morgan fingerprint density at radius 2 is 1.65 bits per heavy atom. The second-order valence-electron chi connectivity index (χ2n) is 6.90. The summed E-state index contributed by atoms with van der Waals surface area (Å²) in [7, 11) is 0. The van der Waals surface area contributed by atoms with Crippen LogP contribution in [0, 0.1) is 0 Å². The van der Waals surface area contributed by atoms with Gasteiger partial charge < -0.3 is 20.5 Å². The standard InChI is InChI=1S/C20H28N4O2/c21-10-6-2-1-3-9-19(25)23-11-13-24(14-12-23)20(26)18-15-16-7-4-5-8-17(16)22-18/h4-5,7-8,15,22H,1-3,6,9-14,21H2. The van der Waals surface area contributed by atoms with Crippen LogP contribution in [0.2, 0.25) is 0 Å². The number of carbonyl (C=O) groups is 2. The van der Waals surface area contributed by atoms with E-state index in [2.05, 4.69) is 4.98 Å². The van der Waals surface area contributed by atoms with Gasteiger partial charge in [-0.2, -0.15) is 0 Å². The van der Waals surface area contributed by atoms with Gasteiger partial charge in [0.2, 0.25) is 5.91 Å². The molecular formula is C20H28N4O2. The predicted octanol–water partition coefficient (Wildman–Crippen LogP) is 2.36. The molecule has 1 aliphatic heterocycles. The van der Waals surface area contributed by atoms with Gasteiger partial charge in [-0.3, -0.25) is 9.59 Å². The Balaban J connectivity index is 1.47. The van der Waals surface area contributed by atoms with Crippen molar-refractivity contribution in [2.75, 3.05) is 32.7 Å². The molecule has 2 aromatic rings. The molecule has 2 heterocycles. The van der Waals surface area contributed by atoms with E-state index in [-0.39, 0.29) is 11.8 Å². The van der Waals surface area contributed by atoms with Crippen molar-refractivity contribution >= 4 is 22.7 Å². The van der Waals surface area contributed by atoms with E-state index in [1.54, 1.807) is 0 Å². The van der Waals surface area contributed by atoms with E-state index in [1.165, 1.54) is 0 Å². The molecule has 1 aromatic heterocycles. The second kappa shape index (κ2) is 8.85. The molecule has 0 saturated carbocycles. The number of unbranched alkanes of at least 4 members (excludes halogenated alkanes) is 3. The maximum atomic E-state index is 12.7. The number of nitrogens with two attached hydrogens (primary N) is 1. The van der Waals surface area contributed by atoms with Gasteiger partial charge in [0.1, 0.15) is 5.69 Å². The van der Waals surface area contributed by atoms with Crippen LogP contribution in [0.1, 0.15) is 42.6 Å². The van der Waals surface area contributed by atoms with Gasteiger partial charge in [0.15, 0.2) is 0 Å². The maximum absolute atomic E-state index is 12.7. The summed E-state index contributed by atoms with van der Waals surface area (Å²) in [6.45, 7) is 3.14. The number of aromatic nitrogens is 1. The maximum Gasteiger partial charge on any atom is 0.270 e. The van der Waals surface area contributed by atoms with E-state index in [0.717, 1.165) is 43.1 Å². The molecular weight excluding hydrogens is 328 g/mol. The Bertz CT molecular complexity index is 714. The first kappa shape index (κ1) is 18.5. The molecule has 0 bridgehead atoms. The summed E-state index contributed by atoms with van der Waals surface area (Å²) in [5.74, 6) is 0.213. The van der Waals surface area contributed by atoms with Gasteiger partial charge in [-0.1, -0.05) is 31.0 Å². The number of nitrogens with one attached hydrogen (secondary N) is 1. The predicted molar refractivity (Wildman–Crippen MR) is 103 cm³/mol. The number of fused-ring (bicyclic) bond motifs is 1. The molecule has 6 heteroatoms. The van der Waals surface area contributed by atoms with Crippen LogP contribution in [-0.2, 0) is 4.79 Å². The van der Waals surface area contributed by atoms with Crippen molar-refractivity contribution in [3.8, 4) is 0 Å². The molecule has 0 radical (unpaired) electrons. The highest BCUT2D eigenvalue weighted by atomic mass is 16.2. The van der Waals surface area contributed by atoms with E-state index in [4.69, 9.17) is 5.73 Å². The van der Waals surface area contributed by atoms with Crippen LogP contribution in [0.15, 0.2) is 30.3 Å². The van der Waals surface area contributed by atoms with Crippen molar-refractivity contribution in [1.82, 2.24) is 14.8 Å². The zero-order valence-electron chi connectivity index (χ0n) is 15.2. The summed E-state index contributed by atoms with van der Waals surface area (Å²) in [6.07, 6.45) is 4.70. The number of para-hydroxylation sites is 1. The number of aromatic amines is 1. The third kappa shape index (κ3) is 4.43. The molecule has 3 N–H and O–H groups in total. The van der Waals surface area contributed by atoms with Crippen LogP contribution < -0.4 is 5.73 Å². The fourth-order valence-corrected chi connectivity index (χ4v) is 3.45. The lowest BCUT2D eigenvalue weighted by Crippen LogP contribution is -2.50. The van der Waals surface area contributed by atoms with Crippen molar-refractivity contribution in [2.45, 2.75) is 32.1 Å². The first-order valence-electron chi connectivity index (χ1n) is 9.54. The minimum Gasteiger partial charge on any atom is -0.351 e. The monoisotopic (exact) mass is 356 g/mol. The highest BCUT2D eigenvalue weighted by Crippen LogP contribution is 2.17. The Morgan fingerprint density at radius 3 is 2.38 bits per heavy atom. The Kier molecular flexibility index (Phi) is 6.28. The molecule has 1 aromatic carbocycles. The molecule has 6 nitrogen and oxygen atoms in total. The van der Waals surface area contributed by atoms with Crippen LogP contribution >= 0.6 is 0 Å². The minimum absolute atomic E-state index is 0.00934. The molecule has 0 aliphatic carbocycles. The molecule has 2 amide bonds. The van der Waals surface area contributed by atoms with Crippen LogP contribution in [0.4, 0.5) is 0 Å². The molecule has 1 saturated heterocycles. The second-order valence-corrected chi connectivity index (χ2v) is 6.90. The highest BCUT2D eigenvalue weighted by Gasteiger charge is 2.25. The van der Waals surface area contributed by atoms with E-state index >= 15 is 0 Å². The molecule has 1 fully saturated rings. The topological polar surface area (TPSA) is 82.4 Å². The number of nitrogens with zero attached hydrogens (tertiary/aromatic N) is 2. The summed E-state index contributed by atoms with van der Waals surface area (Å²) < 4.78 is 0. The summed E-state index contributed by atoms with van der Waals surface area (Å²) in [5.41, 5.74) is 7.07. The number of hydrogen-bond acceptors (Lipinski definition) is 3. The number of amides is 2. The Labute approximate surface area is 154 Å². The molecule has 0 spiro atoms. The van der Waals surface area contributed by atoms with Gasteiger partial charge in [0.05, 0.1) is 0 Å². The lowest BCUT2D eigenvalue weighted by molar-refractivity contribution is -0.132. The molecule has 3 rings (SSSR count). The zero-order chi connectivity index (χ0) is 18.4. The summed E-state index contributed by atoms with van der Waals surface area (Å²) in [5, 5.41) is 1.04.